The number of amides is 1. The van der Waals surface area contributed by atoms with E-state index in [1.54, 1.807) is 24.1 Å². The number of hydrogen-bond donors (Lipinski definition) is 1. The van der Waals surface area contributed by atoms with Gasteiger partial charge in [-0.3, -0.25) is 4.79 Å². The summed E-state index contributed by atoms with van der Waals surface area (Å²) in [5.41, 5.74) is 0.250. The lowest BCUT2D eigenvalue weighted by Gasteiger charge is -2.31. The van der Waals surface area contributed by atoms with Gasteiger partial charge < -0.3 is 10.0 Å². The van der Waals surface area contributed by atoms with Gasteiger partial charge in [0.2, 0.25) is 0 Å². The van der Waals surface area contributed by atoms with Crippen LogP contribution in [0, 0.1) is 0 Å². The Bertz CT molecular complexity index is 846. The van der Waals surface area contributed by atoms with Gasteiger partial charge in [-0.25, -0.2) is 8.42 Å². The van der Waals surface area contributed by atoms with Crippen molar-refractivity contribution in [3.63, 3.8) is 0 Å². The molecule has 3 rings (SSSR count). The maximum absolute atomic E-state index is 12.7. The van der Waals surface area contributed by atoms with Crippen LogP contribution >= 0.6 is 0 Å². The summed E-state index contributed by atoms with van der Waals surface area (Å²) in [4.78, 5) is 14.2. The van der Waals surface area contributed by atoms with Crippen LogP contribution in [0.5, 0.6) is 5.75 Å². The van der Waals surface area contributed by atoms with Gasteiger partial charge in [0.15, 0.2) is 0 Å². The summed E-state index contributed by atoms with van der Waals surface area (Å²) in [6.07, 6.45) is 0.887. The van der Waals surface area contributed by atoms with Gasteiger partial charge in [0.25, 0.3) is 5.91 Å². The van der Waals surface area contributed by atoms with Crippen molar-refractivity contribution in [2.45, 2.75) is 18.9 Å². The number of sulfone groups is 1. The van der Waals surface area contributed by atoms with Crippen LogP contribution in [-0.2, 0) is 9.84 Å². The molecule has 23 heavy (non-hydrogen) atoms. The highest BCUT2D eigenvalue weighted by atomic mass is 32.2. The Labute approximate surface area is 135 Å². The van der Waals surface area contributed by atoms with E-state index in [1.807, 2.05) is 24.3 Å². The van der Waals surface area contributed by atoms with Crippen molar-refractivity contribution in [3.8, 4) is 5.75 Å². The molecule has 2 aromatic rings. The molecule has 1 aliphatic heterocycles. The monoisotopic (exact) mass is 333 g/mol. The number of hydrogen-bond acceptors (Lipinski definition) is 4. The van der Waals surface area contributed by atoms with Crippen molar-refractivity contribution in [1.29, 1.82) is 0 Å². The van der Waals surface area contributed by atoms with Crippen LogP contribution < -0.4 is 0 Å². The molecule has 1 fully saturated rings. The number of carbonyl (C=O) groups is 1. The van der Waals surface area contributed by atoms with Crippen molar-refractivity contribution >= 4 is 26.5 Å². The van der Waals surface area contributed by atoms with Gasteiger partial charge in [-0.15, -0.1) is 0 Å². The molecule has 0 atom stereocenters. The van der Waals surface area contributed by atoms with Crippen LogP contribution in [-0.4, -0.2) is 48.9 Å². The Morgan fingerprint density at radius 3 is 2.30 bits per heavy atom. The van der Waals surface area contributed by atoms with E-state index in [0.717, 1.165) is 10.8 Å². The van der Waals surface area contributed by atoms with E-state index in [-0.39, 0.29) is 34.8 Å². The molecule has 5 nitrogen and oxygen atoms in total. The van der Waals surface area contributed by atoms with Gasteiger partial charge in [-0.1, -0.05) is 24.3 Å². The molecule has 0 radical (unpaired) electrons. The Morgan fingerprint density at radius 2 is 1.70 bits per heavy atom. The predicted molar refractivity (Wildman–Crippen MR) is 89.4 cm³/mol. The maximum atomic E-state index is 12.7. The second-order valence-corrected chi connectivity index (χ2v) is 8.32. The predicted octanol–water partition coefficient (Wildman–Crippen LogP) is 2.19. The van der Waals surface area contributed by atoms with Crippen molar-refractivity contribution in [2.24, 2.45) is 0 Å². The smallest absolute Gasteiger partial charge is 0.257 e. The molecule has 2 aromatic carbocycles. The number of benzene rings is 2. The minimum absolute atomic E-state index is 0.0519. The van der Waals surface area contributed by atoms with E-state index in [2.05, 4.69) is 0 Å². The topological polar surface area (TPSA) is 74.7 Å². The fourth-order valence-corrected chi connectivity index (χ4v) is 4.49. The van der Waals surface area contributed by atoms with Gasteiger partial charge in [0, 0.05) is 13.1 Å². The van der Waals surface area contributed by atoms with E-state index in [9.17, 15) is 18.3 Å². The number of aromatic hydroxyl groups is 1. The minimum Gasteiger partial charge on any atom is -0.507 e. The van der Waals surface area contributed by atoms with Crippen molar-refractivity contribution < 1.29 is 18.3 Å². The number of fused-ring (bicyclic) bond motifs is 1. The summed E-state index contributed by atoms with van der Waals surface area (Å²) in [5, 5.41) is 11.9. The third kappa shape index (κ3) is 3.17. The molecule has 0 aliphatic carbocycles. The van der Waals surface area contributed by atoms with Gasteiger partial charge in [-0.05, 0) is 35.7 Å². The molecule has 0 saturated carbocycles. The SMILES string of the molecule is CN(C(=O)c1cc2ccccc2cc1O)C1CCS(=O)(=O)CC1. The van der Waals surface area contributed by atoms with Crippen molar-refractivity contribution in [3.05, 3.63) is 42.0 Å². The zero-order chi connectivity index (χ0) is 16.6. The number of phenols is 1. The first-order valence-electron chi connectivity index (χ1n) is 7.57. The lowest BCUT2D eigenvalue weighted by Crippen LogP contribution is -2.42. The summed E-state index contributed by atoms with van der Waals surface area (Å²) in [6, 6.07) is 10.7. The maximum Gasteiger partial charge on any atom is 0.257 e. The van der Waals surface area contributed by atoms with Crippen molar-refractivity contribution in [1.82, 2.24) is 4.90 Å². The number of phenolic OH excluding ortho intramolecular Hbond substituents is 1. The highest BCUT2D eigenvalue weighted by molar-refractivity contribution is 7.91. The molecule has 1 amide bonds. The molecule has 6 heteroatoms. The first-order chi connectivity index (χ1) is 10.9. The van der Waals surface area contributed by atoms with Crippen molar-refractivity contribution in [2.75, 3.05) is 18.6 Å². The second kappa shape index (κ2) is 5.85. The van der Waals surface area contributed by atoms with Crippen LogP contribution in [0.25, 0.3) is 10.8 Å². The molecule has 122 valence electrons. The molecule has 1 aliphatic rings. The lowest BCUT2D eigenvalue weighted by molar-refractivity contribution is 0.0719. The molecule has 0 bridgehead atoms. The highest BCUT2D eigenvalue weighted by Gasteiger charge is 2.29. The van der Waals surface area contributed by atoms with E-state index in [4.69, 9.17) is 0 Å². The summed E-state index contributed by atoms with van der Waals surface area (Å²) in [6.45, 7) is 0. The molecule has 1 saturated heterocycles. The van der Waals surface area contributed by atoms with Crippen LogP contribution in [0.1, 0.15) is 23.2 Å². The first kappa shape index (κ1) is 15.8. The fourth-order valence-electron chi connectivity index (χ4n) is 3.02. The second-order valence-electron chi connectivity index (χ2n) is 6.02. The lowest BCUT2D eigenvalue weighted by atomic mass is 10.0. The normalized spacial score (nSPS) is 18.0. The van der Waals surface area contributed by atoms with Crippen LogP contribution in [0.3, 0.4) is 0 Å². The van der Waals surface area contributed by atoms with E-state index in [0.29, 0.717) is 12.8 Å². The number of rotatable bonds is 2. The zero-order valence-corrected chi connectivity index (χ0v) is 13.7. The number of carbonyl (C=O) groups excluding carboxylic acids is 1. The molecule has 1 N–H and O–H groups in total. The number of nitrogens with zero attached hydrogens (tertiary/aromatic N) is 1. The molecule has 0 aromatic heterocycles. The molecule has 0 unspecified atom stereocenters. The average Bonchev–Trinajstić information content (AvgIpc) is 2.53. The molecular weight excluding hydrogens is 314 g/mol. The van der Waals surface area contributed by atoms with Gasteiger partial charge in [-0.2, -0.15) is 0 Å². The third-order valence-electron chi connectivity index (χ3n) is 4.49. The van der Waals surface area contributed by atoms with E-state index < -0.39 is 9.84 Å². The van der Waals surface area contributed by atoms with E-state index in [1.165, 1.54) is 0 Å². The largest absolute Gasteiger partial charge is 0.507 e. The summed E-state index contributed by atoms with van der Waals surface area (Å²) in [7, 11) is -1.30. The summed E-state index contributed by atoms with van der Waals surface area (Å²) < 4.78 is 23.0. The Kier molecular flexibility index (Phi) is 4.02. The van der Waals surface area contributed by atoms with E-state index >= 15 is 0 Å². The molecule has 0 spiro atoms. The first-order valence-corrected chi connectivity index (χ1v) is 9.39. The third-order valence-corrected chi connectivity index (χ3v) is 6.20. The van der Waals surface area contributed by atoms with Gasteiger partial charge in [0.05, 0.1) is 17.1 Å². The highest BCUT2D eigenvalue weighted by Crippen LogP contribution is 2.27. The standard InChI is InChI=1S/C17H19NO4S/c1-18(14-6-8-23(21,22)9-7-14)17(20)15-10-12-4-2-3-5-13(12)11-16(15)19/h2-5,10-11,14,19H,6-9H2,1H3. The van der Waals surface area contributed by atoms with Crippen LogP contribution in [0.15, 0.2) is 36.4 Å². The molecular formula is C17H19NO4S. The van der Waals surface area contributed by atoms with Gasteiger partial charge in [0.1, 0.15) is 15.6 Å². The van der Waals surface area contributed by atoms with Gasteiger partial charge >= 0.3 is 0 Å². The fraction of sp³-hybridized carbons (Fsp3) is 0.353. The summed E-state index contributed by atoms with van der Waals surface area (Å²) in [5.74, 6) is -0.112. The Balaban J connectivity index is 1.86. The summed E-state index contributed by atoms with van der Waals surface area (Å²) >= 11 is 0. The quantitative estimate of drug-likeness (QED) is 0.914. The Morgan fingerprint density at radius 1 is 1.13 bits per heavy atom. The molecule has 1 heterocycles. The van der Waals surface area contributed by atoms with Crippen LogP contribution in [0.2, 0.25) is 0 Å². The zero-order valence-electron chi connectivity index (χ0n) is 12.9. The Hall–Kier alpha value is -2.08. The average molecular weight is 333 g/mol. The minimum atomic E-state index is -2.96. The van der Waals surface area contributed by atoms with Crippen LogP contribution in [0.4, 0.5) is 0 Å².